The van der Waals surface area contributed by atoms with Crippen LogP contribution in [-0.2, 0) is 0 Å². The van der Waals surface area contributed by atoms with Crippen LogP contribution in [0, 0.1) is 6.92 Å². The maximum absolute atomic E-state index is 4.00. The number of halogens is 1. The van der Waals surface area contributed by atoms with Crippen molar-refractivity contribution >= 4 is 39.0 Å². The van der Waals surface area contributed by atoms with E-state index in [0.717, 1.165) is 4.60 Å². The second-order valence-electron chi connectivity index (χ2n) is 1.61. The van der Waals surface area contributed by atoms with E-state index in [2.05, 4.69) is 20.9 Å². The van der Waals surface area contributed by atoms with Gasteiger partial charge in [-0.2, -0.15) is 0 Å². The van der Waals surface area contributed by atoms with Gasteiger partial charge in [-0.25, -0.2) is 4.98 Å². The Morgan fingerprint density at radius 3 is 2.56 bits per heavy atom. The first kappa shape index (κ1) is 9.40. The first-order valence-corrected chi connectivity index (χ1v) is 3.17. The first-order valence-electron chi connectivity index (χ1n) is 2.38. The van der Waals surface area contributed by atoms with Gasteiger partial charge >= 0.3 is 23.1 Å². The highest BCUT2D eigenvalue weighted by Gasteiger charge is 1.87. The number of hydrogen-bond donors (Lipinski definition) is 0. The zero-order valence-corrected chi connectivity index (χ0v) is 6.14. The highest BCUT2D eigenvalue weighted by Crippen LogP contribution is 2.09. The Hall–Kier alpha value is 0.396. The molecule has 0 saturated carbocycles. The molecule has 1 heterocycles. The largest absolute Gasteiger partial charge is 0.316 e. The van der Waals surface area contributed by atoms with Gasteiger partial charge in [-0.1, -0.05) is 6.07 Å². The van der Waals surface area contributed by atoms with E-state index in [4.69, 9.17) is 0 Å². The highest BCUT2D eigenvalue weighted by molar-refractivity contribution is 9.10. The summed E-state index contributed by atoms with van der Waals surface area (Å²) in [4.78, 5) is 4.00. The fraction of sp³-hybridized carbons (Fsp3) is 0.167. The van der Waals surface area contributed by atoms with Crippen LogP contribution >= 0.6 is 15.9 Å². The van der Waals surface area contributed by atoms with Crippen LogP contribution in [0.3, 0.4) is 0 Å². The SMILES string of the molecule is Cc1cccnc1Br.[MgH2]. The minimum atomic E-state index is 0. The molecule has 1 nitrogen and oxygen atoms in total. The predicted molar refractivity (Wildman–Crippen MR) is 45.2 cm³/mol. The lowest BCUT2D eigenvalue weighted by atomic mass is 10.3. The van der Waals surface area contributed by atoms with E-state index < -0.39 is 0 Å². The second kappa shape index (κ2) is 4.25. The number of rotatable bonds is 0. The summed E-state index contributed by atoms with van der Waals surface area (Å²) in [6, 6.07) is 3.93. The third-order valence-corrected chi connectivity index (χ3v) is 1.78. The fourth-order valence-corrected chi connectivity index (χ4v) is 0.717. The molecule has 0 fully saturated rings. The maximum atomic E-state index is 4.00. The Bertz CT molecular complexity index is 169. The van der Waals surface area contributed by atoms with Gasteiger partial charge in [0.25, 0.3) is 0 Å². The summed E-state index contributed by atoms with van der Waals surface area (Å²) >= 11 is 3.28. The summed E-state index contributed by atoms with van der Waals surface area (Å²) in [6.07, 6.45) is 1.76. The monoisotopic (exact) mass is 197 g/mol. The van der Waals surface area contributed by atoms with Crippen molar-refractivity contribution in [3.8, 4) is 0 Å². The van der Waals surface area contributed by atoms with Crippen LogP contribution in [0.4, 0.5) is 0 Å². The molecular formula is C6H8BrMgN. The first-order chi connectivity index (χ1) is 3.80. The van der Waals surface area contributed by atoms with Crippen LogP contribution < -0.4 is 0 Å². The van der Waals surface area contributed by atoms with E-state index in [1.54, 1.807) is 6.20 Å². The summed E-state index contributed by atoms with van der Waals surface area (Å²) in [5.74, 6) is 0. The van der Waals surface area contributed by atoms with Crippen molar-refractivity contribution in [1.82, 2.24) is 4.98 Å². The number of aromatic nitrogens is 1. The average Bonchev–Trinajstić information content (AvgIpc) is 1.77. The van der Waals surface area contributed by atoms with Crippen molar-refractivity contribution in [2.45, 2.75) is 6.92 Å². The van der Waals surface area contributed by atoms with Gasteiger partial charge < -0.3 is 0 Å². The Morgan fingerprint density at radius 2 is 2.22 bits per heavy atom. The number of aryl methyl sites for hydroxylation is 1. The van der Waals surface area contributed by atoms with E-state index in [0.29, 0.717) is 0 Å². The quantitative estimate of drug-likeness (QED) is 0.451. The van der Waals surface area contributed by atoms with Gasteiger partial charge in [0.2, 0.25) is 0 Å². The van der Waals surface area contributed by atoms with Gasteiger partial charge in [-0.05, 0) is 34.5 Å². The maximum Gasteiger partial charge on any atom is 0.316 e. The molecule has 0 atom stereocenters. The van der Waals surface area contributed by atoms with E-state index in [1.807, 2.05) is 19.1 Å². The van der Waals surface area contributed by atoms with Crippen LogP contribution in [0.5, 0.6) is 0 Å². The van der Waals surface area contributed by atoms with Crippen molar-refractivity contribution in [3.63, 3.8) is 0 Å². The van der Waals surface area contributed by atoms with Gasteiger partial charge in [0, 0.05) is 6.20 Å². The molecule has 0 saturated heterocycles. The molecule has 0 bridgehead atoms. The Balaban J connectivity index is 0.000000640. The van der Waals surface area contributed by atoms with Gasteiger partial charge in [0.1, 0.15) is 4.60 Å². The molecule has 0 aliphatic heterocycles. The van der Waals surface area contributed by atoms with Crippen molar-refractivity contribution < 1.29 is 0 Å². The lowest BCUT2D eigenvalue weighted by Gasteiger charge is -1.90. The normalized spacial score (nSPS) is 8.22. The van der Waals surface area contributed by atoms with Crippen LogP contribution in [0.15, 0.2) is 22.9 Å². The van der Waals surface area contributed by atoms with E-state index in [9.17, 15) is 0 Å². The Morgan fingerprint density at radius 1 is 1.56 bits per heavy atom. The molecule has 3 heteroatoms. The number of pyridine rings is 1. The molecule has 1 rings (SSSR count). The van der Waals surface area contributed by atoms with Crippen LogP contribution in [0.25, 0.3) is 0 Å². The number of hydrogen-bond acceptors (Lipinski definition) is 1. The van der Waals surface area contributed by atoms with Crippen LogP contribution in [0.2, 0.25) is 0 Å². The van der Waals surface area contributed by atoms with E-state index >= 15 is 0 Å². The van der Waals surface area contributed by atoms with Gasteiger partial charge in [-0.3, -0.25) is 0 Å². The average molecular weight is 198 g/mol. The van der Waals surface area contributed by atoms with E-state index in [1.165, 1.54) is 5.56 Å². The zero-order chi connectivity index (χ0) is 5.98. The lowest BCUT2D eigenvalue weighted by molar-refractivity contribution is 1.22. The molecule has 0 N–H and O–H groups in total. The lowest BCUT2D eigenvalue weighted by Crippen LogP contribution is -1.76. The third-order valence-electron chi connectivity index (χ3n) is 0.946. The molecule has 0 aliphatic carbocycles. The Labute approximate surface area is 79.2 Å². The molecule has 1 aromatic heterocycles. The second-order valence-corrected chi connectivity index (χ2v) is 2.36. The van der Waals surface area contributed by atoms with E-state index in [-0.39, 0.29) is 23.1 Å². The van der Waals surface area contributed by atoms with Crippen molar-refractivity contribution in [3.05, 3.63) is 28.5 Å². The zero-order valence-electron chi connectivity index (χ0n) is 4.56. The Kier molecular flexibility index (Phi) is 4.44. The number of nitrogens with zero attached hydrogens (tertiary/aromatic N) is 1. The van der Waals surface area contributed by atoms with Gasteiger partial charge in [0.15, 0.2) is 0 Å². The molecule has 0 aromatic carbocycles. The molecule has 46 valence electrons. The molecule has 1 aromatic rings. The molecule has 0 aliphatic rings. The van der Waals surface area contributed by atoms with Crippen LogP contribution in [0.1, 0.15) is 5.56 Å². The van der Waals surface area contributed by atoms with Crippen LogP contribution in [-0.4, -0.2) is 28.0 Å². The molecular weight excluding hydrogens is 190 g/mol. The summed E-state index contributed by atoms with van der Waals surface area (Å²) in [5.41, 5.74) is 1.17. The summed E-state index contributed by atoms with van der Waals surface area (Å²) in [7, 11) is 0. The third kappa shape index (κ3) is 2.64. The summed E-state index contributed by atoms with van der Waals surface area (Å²) in [5, 5.41) is 0. The van der Waals surface area contributed by atoms with Gasteiger partial charge in [-0.15, -0.1) is 0 Å². The highest BCUT2D eigenvalue weighted by atomic mass is 79.9. The minimum absolute atomic E-state index is 0. The fourth-order valence-electron chi connectivity index (χ4n) is 0.466. The molecule has 0 spiro atoms. The van der Waals surface area contributed by atoms with Crippen molar-refractivity contribution in [1.29, 1.82) is 0 Å². The molecule has 0 unspecified atom stereocenters. The molecule has 0 amide bonds. The summed E-state index contributed by atoms with van der Waals surface area (Å²) in [6.45, 7) is 2.01. The smallest absolute Gasteiger partial charge is 0.249 e. The summed E-state index contributed by atoms with van der Waals surface area (Å²) < 4.78 is 0.931. The molecule has 0 radical (unpaired) electrons. The predicted octanol–water partition coefficient (Wildman–Crippen LogP) is 1.24. The van der Waals surface area contributed by atoms with Gasteiger partial charge in [0.05, 0.1) is 0 Å². The standard InChI is InChI=1S/C6H6BrN.Mg.2H/c1-5-3-2-4-8-6(5)7;;;/h2-4H,1H3;;;. The topological polar surface area (TPSA) is 12.9 Å². The van der Waals surface area contributed by atoms with Crippen molar-refractivity contribution in [2.75, 3.05) is 0 Å². The van der Waals surface area contributed by atoms with Crippen molar-refractivity contribution in [2.24, 2.45) is 0 Å². The molecule has 9 heavy (non-hydrogen) atoms. The minimum Gasteiger partial charge on any atom is -0.249 e.